The van der Waals surface area contributed by atoms with Crippen LogP contribution in [0, 0.1) is 0 Å². The summed E-state index contributed by atoms with van der Waals surface area (Å²) in [4.78, 5) is 18.9. The average Bonchev–Trinajstić information content (AvgIpc) is 1.84. The van der Waals surface area contributed by atoms with Crippen LogP contribution in [0.1, 0.15) is 41.5 Å². The van der Waals surface area contributed by atoms with Gasteiger partial charge in [0.1, 0.15) is 11.6 Å². The van der Waals surface area contributed by atoms with Crippen molar-refractivity contribution >= 4 is 17.3 Å². The second-order valence-corrected chi connectivity index (χ2v) is 2.86. The maximum atomic E-state index is 9.44. The summed E-state index contributed by atoms with van der Waals surface area (Å²) in [6, 6.07) is 0. The van der Waals surface area contributed by atoms with Gasteiger partial charge in [-0.15, -0.1) is 0 Å². The first-order valence-electron chi connectivity index (χ1n) is 3.83. The molecule has 0 aliphatic carbocycles. The molecule has 0 saturated carbocycles. The number of oxime groups is 1. The lowest BCUT2D eigenvalue weighted by Crippen LogP contribution is -1.74. The summed E-state index contributed by atoms with van der Waals surface area (Å²) in [5.74, 6) is 0.333. The minimum absolute atomic E-state index is 0.167. The van der Waals surface area contributed by atoms with Crippen molar-refractivity contribution in [3.63, 3.8) is 0 Å². The maximum Gasteiger partial charge on any atom is 0.126 e. The Labute approximate surface area is 79.6 Å². The fourth-order valence-electron chi connectivity index (χ4n) is 0. The molecule has 0 amide bonds. The molecule has 78 valence electrons. The van der Waals surface area contributed by atoms with Crippen molar-refractivity contribution in [3.05, 3.63) is 0 Å². The molecule has 0 atom stereocenters. The molecular formula is C9H19NO3. The van der Waals surface area contributed by atoms with E-state index in [9.17, 15) is 9.59 Å². The van der Waals surface area contributed by atoms with Crippen LogP contribution in [0.3, 0.4) is 0 Å². The molecule has 4 heteroatoms. The molecule has 0 saturated heterocycles. The quantitative estimate of drug-likeness (QED) is 0.360. The van der Waals surface area contributed by atoms with Crippen LogP contribution in [0.15, 0.2) is 5.16 Å². The SMILES string of the molecule is CC(C)=NO.CC(C)=O.CC(C)=O. The van der Waals surface area contributed by atoms with Gasteiger partial charge in [-0.1, -0.05) is 5.16 Å². The topological polar surface area (TPSA) is 66.7 Å². The fourth-order valence-corrected chi connectivity index (χ4v) is 0. The van der Waals surface area contributed by atoms with Gasteiger partial charge < -0.3 is 14.8 Å². The van der Waals surface area contributed by atoms with E-state index < -0.39 is 0 Å². The molecule has 0 rings (SSSR count). The Balaban J connectivity index is -0.000000117. The van der Waals surface area contributed by atoms with Crippen LogP contribution in [0.2, 0.25) is 0 Å². The first-order valence-corrected chi connectivity index (χ1v) is 3.83. The van der Waals surface area contributed by atoms with Crippen molar-refractivity contribution in [2.45, 2.75) is 41.5 Å². The molecule has 13 heavy (non-hydrogen) atoms. The lowest BCUT2D eigenvalue weighted by atomic mass is 10.5. The van der Waals surface area contributed by atoms with Gasteiger partial charge >= 0.3 is 0 Å². The predicted molar refractivity (Wildman–Crippen MR) is 53.3 cm³/mol. The molecule has 1 N–H and O–H groups in total. The molecule has 0 aromatic heterocycles. The highest BCUT2D eigenvalue weighted by molar-refractivity contribution is 5.78. The van der Waals surface area contributed by atoms with Crippen molar-refractivity contribution in [3.8, 4) is 0 Å². The van der Waals surface area contributed by atoms with Gasteiger partial charge in [-0.2, -0.15) is 0 Å². The molecule has 0 radical (unpaired) electrons. The first kappa shape index (κ1) is 17.8. The second kappa shape index (κ2) is 13.4. The lowest BCUT2D eigenvalue weighted by molar-refractivity contribution is -0.115. The van der Waals surface area contributed by atoms with E-state index in [0.717, 1.165) is 0 Å². The smallest absolute Gasteiger partial charge is 0.126 e. The number of carbonyl (C=O) groups excluding carboxylic acids is 2. The summed E-state index contributed by atoms with van der Waals surface area (Å²) in [5, 5.41) is 10.5. The summed E-state index contributed by atoms with van der Waals surface area (Å²) in [5.41, 5.74) is 0.685. The number of carbonyl (C=O) groups is 2. The third kappa shape index (κ3) is 1280. The van der Waals surface area contributed by atoms with Gasteiger partial charge in [0.05, 0.1) is 5.71 Å². The number of hydrogen-bond donors (Lipinski definition) is 1. The summed E-state index contributed by atoms with van der Waals surface area (Å²) in [7, 11) is 0. The lowest BCUT2D eigenvalue weighted by Gasteiger charge is -1.72. The zero-order valence-corrected chi connectivity index (χ0v) is 9.21. The molecule has 0 spiro atoms. The van der Waals surface area contributed by atoms with E-state index >= 15 is 0 Å². The van der Waals surface area contributed by atoms with E-state index in [0.29, 0.717) is 5.71 Å². The Hall–Kier alpha value is -1.19. The molecule has 0 aromatic rings. The molecule has 0 aliphatic heterocycles. The standard InChI is InChI=1S/C3H7NO.2C3H6O/c1-3(2)4-5;2*1-3(2)4/h5H,1-2H3;2*1-2H3. The van der Waals surface area contributed by atoms with Crippen LogP contribution in [0.25, 0.3) is 0 Å². The third-order valence-corrected chi connectivity index (χ3v) is 0.200. The van der Waals surface area contributed by atoms with E-state index in [2.05, 4.69) is 5.16 Å². The summed E-state index contributed by atoms with van der Waals surface area (Å²) < 4.78 is 0. The molecule has 4 nitrogen and oxygen atoms in total. The highest BCUT2D eigenvalue weighted by atomic mass is 16.4. The van der Waals surface area contributed by atoms with Crippen LogP contribution >= 0.6 is 0 Å². The molecule has 0 fully saturated rings. The third-order valence-electron chi connectivity index (χ3n) is 0.200. The number of hydrogen-bond acceptors (Lipinski definition) is 4. The normalized spacial score (nSPS) is 6.62. The molecule has 0 bridgehead atoms. The zero-order valence-electron chi connectivity index (χ0n) is 9.21. The van der Waals surface area contributed by atoms with Crippen LogP contribution in [0.5, 0.6) is 0 Å². The minimum atomic E-state index is 0.167. The first-order chi connectivity index (χ1) is 5.73. The Morgan fingerprint density at radius 3 is 0.923 bits per heavy atom. The van der Waals surface area contributed by atoms with E-state index in [4.69, 9.17) is 5.21 Å². The fraction of sp³-hybridized carbons (Fsp3) is 0.667. The van der Waals surface area contributed by atoms with Crippen LogP contribution in [0.4, 0.5) is 0 Å². The van der Waals surface area contributed by atoms with Crippen molar-refractivity contribution in [1.29, 1.82) is 0 Å². The van der Waals surface area contributed by atoms with E-state index in [1.54, 1.807) is 13.8 Å². The second-order valence-electron chi connectivity index (χ2n) is 2.86. The monoisotopic (exact) mass is 189 g/mol. The summed E-state index contributed by atoms with van der Waals surface area (Å²) >= 11 is 0. The Morgan fingerprint density at radius 1 is 0.846 bits per heavy atom. The van der Waals surface area contributed by atoms with Gasteiger partial charge in [0.2, 0.25) is 0 Å². The minimum Gasteiger partial charge on any atom is -0.411 e. The molecular weight excluding hydrogens is 170 g/mol. The summed E-state index contributed by atoms with van der Waals surface area (Å²) in [6.45, 7) is 9.56. The average molecular weight is 189 g/mol. The van der Waals surface area contributed by atoms with Crippen molar-refractivity contribution in [1.82, 2.24) is 0 Å². The molecule has 0 unspecified atom stereocenters. The highest BCUT2D eigenvalue weighted by Gasteiger charge is 1.65. The van der Waals surface area contributed by atoms with Crippen LogP contribution < -0.4 is 0 Å². The molecule has 0 aromatic carbocycles. The Bertz CT molecular complexity index is 150. The van der Waals surface area contributed by atoms with E-state index in [1.165, 1.54) is 27.7 Å². The Kier molecular flexibility index (Phi) is 18.3. The number of Topliss-reactive ketones (excluding diaryl/α,β-unsaturated/α-hetero) is 2. The molecule has 0 aliphatic rings. The van der Waals surface area contributed by atoms with Crippen LogP contribution in [-0.4, -0.2) is 22.5 Å². The number of nitrogens with zero attached hydrogens (tertiary/aromatic N) is 1. The van der Waals surface area contributed by atoms with Crippen LogP contribution in [-0.2, 0) is 9.59 Å². The zero-order chi connectivity index (χ0) is 11.4. The number of rotatable bonds is 0. The van der Waals surface area contributed by atoms with Gasteiger partial charge in [0, 0.05) is 0 Å². The van der Waals surface area contributed by atoms with Gasteiger partial charge in [-0.25, -0.2) is 0 Å². The van der Waals surface area contributed by atoms with Crippen molar-refractivity contribution < 1.29 is 14.8 Å². The van der Waals surface area contributed by atoms with Crippen molar-refractivity contribution in [2.75, 3.05) is 0 Å². The summed E-state index contributed by atoms with van der Waals surface area (Å²) in [6.07, 6.45) is 0. The van der Waals surface area contributed by atoms with Gasteiger partial charge in [-0.05, 0) is 41.5 Å². The largest absolute Gasteiger partial charge is 0.411 e. The van der Waals surface area contributed by atoms with Crippen molar-refractivity contribution in [2.24, 2.45) is 5.16 Å². The molecule has 0 heterocycles. The van der Waals surface area contributed by atoms with Gasteiger partial charge in [0.25, 0.3) is 0 Å². The predicted octanol–water partition coefficient (Wildman–Crippen LogP) is 2.05. The van der Waals surface area contributed by atoms with E-state index in [-0.39, 0.29) is 11.6 Å². The van der Waals surface area contributed by atoms with Gasteiger partial charge in [0.15, 0.2) is 0 Å². The maximum absolute atomic E-state index is 9.44. The van der Waals surface area contributed by atoms with Gasteiger partial charge in [-0.3, -0.25) is 0 Å². The Morgan fingerprint density at radius 2 is 0.923 bits per heavy atom. The highest BCUT2D eigenvalue weighted by Crippen LogP contribution is 1.62. The number of ketones is 2. The van der Waals surface area contributed by atoms with E-state index in [1.807, 2.05) is 0 Å².